The first-order valence-corrected chi connectivity index (χ1v) is 9.88. The molecule has 176 valence electrons. The molecule has 11 heteroatoms. The number of ether oxygens (including phenoxy) is 2. The minimum atomic E-state index is -1.78. The van der Waals surface area contributed by atoms with Crippen molar-refractivity contribution in [2.45, 2.75) is 30.5 Å². The van der Waals surface area contributed by atoms with Gasteiger partial charge in [0.15, 0.2) is 16.9 Å². The number of benzene rings is 2. The van der Waals surface area contributed by atoms with Crippen LogP contribution in [0.5, 0.6) is 23.0 Å². The summed E-state index contributed by atoms with van der Waals surface area (Å²) in [4.78, 5) is 12.9. The molecule has 11 nitrogen and oxygen atoms in total. The van der Waals surface area contributed by atoms with Crippen LogP contribution in [0, 0.1) is 0 Å². The summed E-state index contributed by atoms with van der Waals surface area (Å²) < 4.78 is 16.1. The van der Waals surface area contributed by atoms with Crippen molar-refractivity contribution in [3.8, 4) is 34.3 Å². The summed E-state index contributed by atoms with van der Waals surface area (Å²) in [6.07, 6.45) is -8.02. The molecule has 1 fully saturated rings. The third-order valence-electron chi connectivity index (χ3n) is 5.65. The van der Waals surface area contributed by atoms with E-state index in [1.54, 1.807) is 0 Å². The van der Waals surface area contributed by atoms with Crippen LogP contribution in [0.25, 0.3) is 22.3 Å². The summed E-state index contributed by atoms with van der Waals surface area (Å²) in [5.41, 5.74) is -0.916. The van der Waals surface area contributed by atoms with Crippen LogP contribution in [0.2, 0.25) is 0 Å². The van der Waals surface area contributed by atoms with Crippen molar-refractivity contribution >= 4 is 11.0 Å². The number of fused-ring (bicyclic) bond motifs is 1. The Labute approximate surface area is 185 Å². The van der Waals surface area contributed by atoms with Crippen LogP contribution >= 0.6 is 0 Å². The largest absolute Gasteiger partial charge is 0.507 e. The van der Waals surface area contributed by atoms with E-state index in [9.17, 15) is 40.5 Å². The second kappa shape index (κ2) is 8.54. The van der Waals surface area contributed by atoms with E-state index in [0.29, 0.717) is 5.56 Å². The predicted octanol–water partition coefficient (Wildman–Crippen LogP) is 0.100. The molecule has 0 saturated carbocycles. The summed E-state index contributed by atoms with van der Waals surface area (Å²) in [7, 11) is 1.35. The Kier molecular flexibility index (Phi) is 5.91. The average Bonchev–Trinajstić information content (AvgIpc) is 2.78. The second-order valence-electron chi connectivity index (χ2n) is 7.64. The highest BCUT2D eigenvalue weighted by Gasteiger charge is 2.46. The molecular weight excluding hydrogens is 440 g/mol. The first-order valence-electron chi connectivity index (χ1n) is 9.88. The highest BCUT2D eigenvalue weighted by Crippen LogP contribution is 2.44. The van der Waals surface area contributed by atoms with Crippen molar-refractivity contribution in [3.05, 3.63) is 46.1 Å². The Morgan fingerprint density at radius 2 is 1.70 bits per heavy atom. The maximum atomic E-state index is 12.9. The molecule has 0 spiro atoms. The molecule has 1 aliphatic rings. The molecule has 0 amide bonds. The lowest BCUT2D eigenvalue weighted by atomic mass is 9.89. The van der Waals surface area contributed by atoms with E-state index in [4.69, 9.17) is 13.9 Å². The fourth-order valence-corrected chi connectivity index (χ4v) is 3.90. The van der Waals surface area contributed by atoms with Crippen LogP contribution < -0.4 is 10.2 Å². The third kappa shape index (κ3) is 3.75. The molecule has 1 aromatic heterocycles. The molecule has 7 N–H and O–H groups in total. The van der Waals surface area contributed by atoms with Gasteiger partial charge >= 0.3 is 0 Å². The van der Waals surface area contributed by atoms with Crippen LogP contribution in [0.1, 0.15) is 11.7 Å². The smallest absolute Gasteiger partial charge is 0.197 e. The Hall–Kier alpha value is -3.35. The lowest BCUT2D eigenvalue weighted by Gasteiger charge is -2.40. The standard InChI is InChI=1S/C22H22O11/c1-31-13-4-8(2-3-9(13)24)12-5-10(25)16-14(32-12)6-11(26)17(19(16)28)22-21(30)20(29)18(27)15(7-23)33-22/h2-6,15,18,20-24,26-30H,7H2,1H3/t15-,18-,20+,21-,22-/m1/s1. The van der Waals surface area contributed by atoms with Crippen molar-refractivity contribution < 1.29 is 49.6 Å². The molecule has 1 saturated heterocycles. The van der Waals surface area contributed by atoms with E-state index in [1.165, 1.54) is 25.3 Å². The summed E-state index contributed by atoms with van der Waals surface area (Å²) in [5.74, 6) is -1.29. The zero-order valence-electron chi connectivity index (χ0n) is 17.2. The van der Waals surface area contributed by atoms with Gasteiger partial charge in [-0.15, -0.1) is 0 Å². The van der Waals surface area contributed by atoms with Gasteiger partial charge in [-0.1, -0.05) is 0 Å². The van der Waals surface area contributed by atoms with E-state index >= 15 is 0 Å². The van der Waals surface area contributed by atoms with E-state index in [0.717, 1.165) is 12.1 Å². The lowest BCUT2D eigenvalue weighted by Crippen LogP contribution is -2.55. The monoisotopic (exact) mass is 462 g/mol. The van der Waals surface area contributed by atoms with Gasteiger partial charge in [-0.3, -0.25) is 4.79 Å². The van der Waals surface area contributed by atoms with Gasteiger partial charge in [0.2, 0.25) is 0 Å². The molecule has 0 unspecified atom stereocenters. The third-order valence-corrected chi connectivity index (χ3v) is 5.65. The molecule has 1 aliphatic heterocycles. The fourth-order valence-electron chi connectivity index (χ4n) is 3.90. The lowest BCUT2D eigenvalue weighted by molar-refractivity contribution is -0.232. The number of phenolic OH excluding ortho intramolecular Hbond substituents is 3. The molecule has 5 atom stereocenters. The average molecular weight is 462 g/mol. The number of phenols is 3. The molecule has 3 aromatic rings. The van der Waals surface area contributed by atoms with Gasteiger partial charge in [0.05, 0.1) is 19.3 Å². The van der Waals surface area contributed by atoms with Gasteiger partial charge in [-0.05, 0) is 18.2 Å². The normalized spacial score (nSPS) is 25.3. The SMILES string of the molecule is COc1cc(-c2cc(=O)c3c(O)c([C@H]4O[C@H](CO)[C@@H](O)[C@H](O)[C@H]4O)c(O)cc3o2)ccc1O. The minimum Gasteiger partial charge on any atom is -0.507 e. The van der Waals surface area contributed by atoms with Crippen LogP contribution in [-0.2, 0) is 4.74 Å². The molecule has 0 bridgehead atoms. The molecular formula is C22H22O11. The highest BCUT2D eigenvalue weighted by molar-refractivity contribution is 5.88. The zero-order chi connectivity index (χ0) is 24.0. The number of hydrogen-bond acceptors (Lipinski definition) is 11. The van der Waals surface area contributed by atoms with E-state index in [1.807, 2.05) is 0 Å². The van der Waals surface area contributed by atoms with Crippen molar-refractivity contribution in [1.29, 1.82) is 0 Å². The number of aromatic hydroxyl groups is 3. The molecule has 2 heterocycles. The summed E-state index contributed by atoms with van der Waals surface area (Å²) in [6.45, 7) is -0.710. The summed E-state index contributed by atoms with van der Waals surface area (Å²) in [5, 5.41) is 70.6. The summed E-state index contributed by atoms with van der Waals surface area (Å²) in [6, 6.07) is 6.37. The maximum Gasteiger partial charge on any atom is 0.197 e. The Bertz CT molecular complexity index is 1250. The van der Waals surface area contributed by atoms with Crippen LogP contribution in [0.15, 0.2) is 39.5 Å². The van der Waals surface area contributed by atoms with Gasteiger partial charge in [0, 0.05) is 17.7 Å². The Balaban J connectivity index is 1.85. The predicted molar refractivity (Wildman–Crippen MR) is 112 cm³/mol. The van der Waals surface area contributed by atoms with Crippen molar-refractivity contribution in [2.24, 2.45) is 0 Å². The quantitative estimate of drug-likeness (QED) is 0.278. The first-order chi connectivity index (χ1) is 15.7. The molecule has 0 aliphatic carbocycles. The minimum absolute atomic E-state index is 0.0604. The summed E-state index contributed by atoms with van der Waals surface area (Å²) >= 11 is 0. The highest BCUT2D eigenvalue weighted by atomic mass is 16.5. The maximum absolute atomic E-state index is 12.9. The Morgan fingerprint density at radius 1 is 0.970 bits per heavy atom. The molecule has 33 heavy (non-hydrogen) atoms. The van der Waals surface area contributed by atoms with E-state index < -0.39 is 59.6 Å². The van der Waals surface area contributed by atoms with Crippen molar-refractivity contribution in [2.75, 3.05) is 13.7 Å². The Morgan fingerprint density at radius 3 is 2.36 bits per heavy atom. The van der Waals surface area contributed by atoms with Crippen molar-refractivity contribution in [3.63, 3.8) is 0 Å². The van der Waals surface area contributed by atoms with Gasteiger partial charge < -0.3 is 49.6 Å². The van der Waals surface area contributed by atoms with Gasteiger partial charge in [0.1, 0.15) is 58.7 Å². The fraction of sp³-hybridized carbons (Fsp3) is 0.318. The van der Waals surface area contributed by atoms with Gasteiger partial charge in [-0.2, -0.15) is 0 Å². The van der Waals surface area contributed by atoms with Gasteiger partial charge in [-0.25, -0.2) is 0 Å². The van der Waals surface area contributed by atoms with Crippen LogP contribution in [0.3, 0.4) is 0 Å². The van der Waals surface area contributed by atoms with E-state index in [2.05, 4.69) is 0 Å². The number of aliphatic hydroxyl groups excluding tert-OH is 4. The first kappa shape index (κ1) is 22.8. The number of aliphatic hydroxyl groups is 4. The number of hydrogen-bond donors (Lipinski definition) is 7. The molecule has 0 radical (unpaired) electrons. The second-order valence-corrected chi connectivity index (χ2v) is 7.64. The topological polar surface area (TPSA) is 190 Å². The number of methoxy groups -OCH3 is 1. The van der Waals surface area contributed by atoms with Crippen molar-refractivity contribution in [1.82, 2.24) is 0 Å². The zero-order valence-corrected chi connectivity index (χ0v) is 17.2. The van der Waals surface area contributed by atoms with Gasteiger partial charge in [0.25, 0.3) is 0 Å². The van der Waals surface area contributed by atoms with E-state index in [-0.39, 0.29) is 28.2 Å². The number of rotatable bonds is 4. The molecule has 2 aromatic carbocycles. The van der Waals surface area contributed by atoms with Crippen LogP contribution in [0.4, 0.5) is 0 Å². The molecule has 4 rings (SSSR count). The van der Waals surface area contributed by atoms with Crippen LogP contribution in [-0.4, -0.2) is 73.9 Å².